The highest BCUT2D eigenvalue weighted by molar-refractivity contribution is 4.79. The third-order valence-electron chi connectivity index (χ3n) is 1.53. The summed E-state index contributed by atoms with van der Waals surface area (Å²) in [4.78, 5) is 4.33. The molecule has 0 N–H and O–H groups in total. The van der Waals surface area contributed by atoms with Gasteiger partial charge in [-0.1, -0.05) is 0 Å². The first kappa shape index (κ1) is 6.53. The van der Waals surface area contributed by atoms with Gasteiger partial charge in [-0.05, 0) is 7.05 Å². The fourth-order valence-corrected chi connectivity index (χ4v) is 1.02. The predicted octanol–water partition coefficient (Wildman–Crippen LogP) is -0.285. The second-order valence-corrected chi connectivity index (χ2v) is 2.43. The Bertz CT molecular complexity index is 127. The Balaban J connectivity index is 2.24. The molecular weight excluding hydrogens is 114 g/mol. The summed E-state index contributed by atoms with van der Waals surface area (Å²) in [7, 11) is 2.07. The summed E-state index contributed by atoms with van der Waals surface area (Å²) in [5, 5.41) is 8.30. The molecule has 1 rings (SSSR count). The van der Waals surface area contributed by atoms with Crippen LogP contribution in [0.2, 0.25) is 0 Å². The minimum absolute atomic E-state index is 0.574. The van der Waals surface area contributed by atoms with Crippen molar-refractivity contribution >= 4 is 0 Å². The van der Waals surface area contributed by atoms with Crippen LogP contribution in [0.4, 0.5) is 0 Å². The molecule has 3 nitrogen and oxygen atoms in total. The lowest BCUT2D eigenvalue weighted by molar-refractivity contribution is 0.299. The summed E-state index contributed by atoms with van der Waals surface area (Å²) < 4.78 is 0. The third-order valence-corrected chi connectivity index (χ3v) is 1.53. The Labute approximate surface area is 55.5 Å². The normalized spacial score (nSPS) is 22.2. The zero-order chi connectivity index (χ0) is 6.69. The Kier molecular flexibility index (Phi) is 2.04. The van der Waals surface area contributed by atoms with Crippen LogP contribution in [0.5, 0.6) is 0 Å². The SMILES string of the molecule is CN1CCN(CC#N)C1. The molecule has 0 aliphatic carbocycles. The minimum atomic E-state index is 0.574. The lowest BCUT2D eigenvalue weighted by atomic mass is 10.6. The van der Waals surface area contributed by atoms with Crippen molar-refractivity contribution in [2.45, 2.75) is 0 Å². The number of nitriles is 1. The molecule has 0 radical (unpaired) electrons. The molecule has 50 valence electrons. The molecule has 0 spiro atoms. The standard InChI is InChI=1S/C6H11N3/c1-8-4-5-9(6-8)3-2-7/h3-6H2,1H3. The second kappa shape index (κ2) is 2.81. The monoisotopic (exact) mass is 125 g/mol. The van der Waals surface area contributed by atoms with Gasteiger partial charge in [0.1, 0.15) is 0 Å². The molecule has 0 saturated carbocycles. The summed E-state index contributed by atoms with van der Waals surface area (Å²) in [6.07, 6.45) is 0. The molecule has 1 heterocycles. The predicted molar refractivity (Wildman–Crippen MR) is 34.7 cm³/mol. The van der Waals surface area contributed by atoms with Crippen LogP contribution >= 0.6 is 0 Å². The van der Waals surface area contributed by atoms with Crippen molar-refractivity contribution in [1.82, 2.24) is 9.80 Å². The highest BCUT2D eigenvalue weighted by Crippen LogP contribution is 1.99. The molecule has 0 unspecified atom stereocenters. The van der Waals surface area contributed by atoms with E-state index in [1.165, 1.54) is 0 Å². The Hall–Kier alpha value is -0.590. The van der Waals surface area contributed by atoms with E-state index in [2.05, 4.69) is 22.9 Å². The highest BCUT2D eigenvalue weighted by Gasteiger charge is 2.14. The molecule has 1 aliphatic rings. The second-order valence-electron chi connectivity index (χ2n) is 2.43. The van der Waals surface area contributed by atoms with Crippen molar-refractivity contribution in [3.8, 4) is 6.07 Å². The molecule has 0 aromatic carbocycles. The van der Waals surface area contributed by atoms with Gasteiger partial charge in [-0.3, -0.25) is 9.80 Å². The zero-order valence-corrected chi connectivity index (χ0v) is 5.67. The topological polar surface area (TPSA) is 30.3 Å². The van der Waals surface area contributed by atoms with Gasteiger partial charge in [-0.25, -0.2) is 0 Å². The van der Waals surface area contributed by atoms with Gasteiger partial charge in [0.15, 0.2) is 0 Å². The smallest absolute Gasteiger partial charge is 0.0876 e. The summed E-state index contributed by atoms with van der Waals surface area (Å²) in [6.45, 7) is 3.67. The summed E-state index contributed by atoms with van der Waals surface area (Å²) >= 11 is 0. The molecule has 0 aromatic rings. The van der Waals surface area contributed by atoms with Crippen molar-refractivity contribution in [2.24, 2.45) is 0 Å². The van der Waals surface area contributed by atoms with E-state index in [4.69, 9.17) is 5.26 Å². The van der Waals surface area contributed by atoms with E-state index in [1.54, 1.807) is 0 Å². The molecule has 0 atom stereocenters. The summed E-state index contributed by atoms with van der Waals surface area (Å²) in [6, 6.07) is 2.13. The van der Waals surface area contributed by atoms with Crippen molar-refractivity contribution in [3.05, 3.63) is 0 Å². The van der Waals surface area contributed by atoms with Gasteiger partial charge in [-0.15, -0.1) is 0 Å². The van der Waals surface area contributed by atoms with E-state index in [0.29, 0.717) is 6.54 Å². The van der Waals surface area contributed by atoms with Crippen LogP contribution in [0.25, 0.3) is 0 Å². The number of nitrogens with zero attached hydrogens (tertiary/aromatic N) is 3. The third kappa shape index (κ3) is 1.67. The van der Waals surface area contributed by atoms with Gasteiger partial charge < -0.3 is 0 Å². The first-order chi connectivity index (χ1) is 4.33. The average Bonchev–Trinajstić information content (AvgIpc) is 2.17. The van der Waals surface area contributed by atoms with Crippen LogP contribution in [0.1, 0.15) is 0 Å². The lowest BCUT2D eigenvalue weighted by Crippen LogP contribution is -2.23. The van der Waals surface area contributed by atoms with Crippen LogP contribution in [0.3, 0.4) is 0 Å². The largest absolute Gasteiger partial charge is 0.292 e. The molecule has 0 bridgehead atoms. The van der Waals surface area contributed by atoms with Gasteiger partial charge in [0.2, 0.25) is 0 Å². The molecule has 1 saturated heterocycles. The first-order valence-corrected chi connectivity index (χ1v) is 3.11. The Morgan fingerprint density at radius 3 is 2.78 bits per heavy atom. The van der Waals surface area contributed by atoms with Crippen molar-refractivity contribution < 1.29 is 0 Å². The van der Waals surface area contributed by atoms with Gasteiger partial charge in [0.05, 0.1) is 19.3 Å². The van der Waals surface area contributed by atoms with Crippen LogP contribution < -0.4 is 0 Å². The fourth-order valence-electron chi connectivity index (χ4n) is 1.02. The fraction of sp³-hybridized carbons (Fsp3) is 0.833. The van der Waals surface area contributed by atoms with Crippen molar-refractivity contribution in [1.29, 1.82) is 5.26 Å². The van der Waals surface area contributed by atoms with Gasteiger partial charge in [0, 0.05) is 13.1 Å². The molecule has 1 fully saturated rings. The van der Waals surface area contributed by atoms with Crippen LogP contribution in [-0.2, 0) is 0 Å². The number of hydrogen-bond acceptors (Lipinski definition) is 3. The Morgan fingerprint density at radius 2 is 2.33 bits per heavy atom. The van der Waals surface area contributed by atoms with E-state index in [-0.39, 0.29) is 0 Å². The van der Waals surface area contributed by atoms with E-state index >= 15 is 0 Å². The molecule has 0 amide bonds. The van der Waals surface area contributed by atoms with Crippen molar-refractivity contribution in [3.63, 3.8) is 0 Å². The molecular formula is C6H11N3. The maximum Gasteiger partial charge on any atom is 0.0876 e. The number of hydrogen-bond donors (Lipinski definition) is 0. The molecule has 9 heavy (non-hydrogen) atoms. The quantitative estimate of drug-likeness (QED) is 0.451. The van der Waals surface area contributed by atoms with Crippen LogP contribution in [0.15, 0.2) is 0 Å². The Morgan fingerprint density at radius 1 is 1.56 bits per heavy atom. The van der Waals surface area contributed by atoms with Crippen LogP contribution in [-0.4, -0.2) is 43.2 Å². The summed E-state index contributed by atoms with van der Waals surface area (Å²) in [5.74, 6) is 0. The number of likely N-dealkylation sites (N-methyl/N-ethyl adjacent to an activating group) is 1. The van der Waals surface area contributed by atoms with Crippen LogP contribution in [0, 0.1) is 11.3 Å². The van der Waals surface area contributed by atoms with Gasteiger partial charge in [0.25, 0.3) is 0 Å². The highest BCUT2D eigenvalue weighted by atomic mass is 15.4. The molecule has 0 aromatic heterocycles. The van der Waals surface area contributed by atoms with E-state index in [9.17, 15) is 0 Å². The lowest BCUT2D eigenvalue weighted by Gasteiger charge is -2.09. The zero-order valence-electron chi connectivity index (χ0n) is 5.67. The average molecular weight is 125 g/mol. The molecule has 3 heteroatoms. The first-order valence-electron chi connectivity index (χ1n) is 3.11. The van der Waals surface area contributed by atoms with E-state index in [0.717, 1.165) is 19.8 Å². The maximum atomic E-state index is 8.30. The van der Waals surface area contributed by atoms with E-state index in [1.807, 2.05) is 0 Å². The maximum absolute atomic E-state index is 8.30. The minimum Gasteiger partial charge on any atom is -0.292 e. The van der Waals surface area contributed by atoms with E-state index < -0.39 is 0 Å². The van der Waals surface area contributed by atoms with Gasteiger partial charge >= 0.3 is 0 Å². The number of rotatable bonds is 1. The van der Waals surface area contributed by atoms with Crippen molar-refractivity contribution in [2.75, 3.05) is 33.4 Å². The van der Waals surface area contributed by atoms with Gasteiger partial charge in [-0.2, -0.15) is 5.26 Å². The molecule has 1 aliphatic heterocycles. The summed E-state index contributed by atoms with van der Waals surface area (Å²) in [5.41, 5.74) is 0.